The summed E-state index contributed by atoms with van der Waals surface area (Å²) in [6, 6.07) is 16.9. The van der Waals surface area contributed by atoms with E-state index in [9.17, 15) is 18.8 Å². The van der Waals surface area contributed by atoms with E-state index in [1.54, 1.807) is 12.1 Å². The second kappa shape index (κ2) is 9.23. The maximum Gasteiger partial charge on any atom is 0.294 e. The first-order valence-electron chi connectivity index (χ1n) is 9.92. The molecule has 8 heteroatoms. The van der Waals surface area contributed by atoms with Gasteiger partial charge >= 0.3 is 0 Å². The first kappa shape index (κ1) is 21.6. The Morgan fingerprint density at radius 3 is 2.53 bits per heavy atom. The zero-order valence-electron chi connectivity index (χ0n) is 17.1. The SMILES string of the molecule is CCOc1ccc(/C=C2\SC(=O)N(CC(=O)Nc3ccccc3F)C2=O)c2ccccc12. The lowest BCUT2D eigenvalue weighted by Crippen LogP contribution is -2.36. The molecule has 0 aromatic heterocycles. The highest BCUT2D eigenvalue weighted by molar-refractivity contribution is 8.18. The molecular formula is C24H19FN2O4S. The molecule has 0 aliphatic carbocycles. The maximum atomic E-state index is 13.7. The molecule has 0 bridgehead atoms. The number of fused-ring (bicyclic) bond motifs is 1. The van der Waals surface area contributed by atoms with E-state index in [1.165, 1.54) is 18.2 Å². The molecule has 0 radical (unpaired) electrons. The van der Waals surface area contributed by atoms with Gasteiger partial charge in [0.05, 0.1) is 17.2 Å². The summed E-state index contributed by atoms with van der Waals surface area (Å²) in [6.45, 7) is 1.93. The summed E-state index contributed by atoms with van der Waals surface area (Å²) < 4.78 is 19.4. The Bertz CT molecular complexity index is 1260. The Kier molecular flexibility index (Phi) is 6.23. The molecule has 0 atom stereocenters. The van der Waals surface area contributed by atoms with Crippen molar-refractivity contribution in [1.29, 1.82) is 0 Å². The molecule has 1 aliphatic heterocycles. The monoisotopic (exact) mass is 450 g/mol. The van der Waals surface area contributed by atoms with Crippen LogP contribution in [0.4, 0.5) is 14.9 Å². The molecule has 1 aliphatic rings. The summed E-state index contributed by atoms with van der Waals surface area (Å²) in [7, 11) is 0. The molecule has 0 spiro atoms. The number of nitrogens with one attached hydrogen (secondary N) is 1. The van der Waals surface area contributed by atoms with Gasteiger partial charge in [-0.05, 0) is 53.9 Å². The average Bonchev–Trinajstić information content (AvgIpc) is 3.04. The van der Waals surface area contributed by atoms with Gasteiger partial charge in [0, 0.05) is 5.39 Å². The zero-order valence-corrected chi connectivity index (χ0v) is 17.9. The van der Waals surface area contributed by atoms with E-state index in [2.05, 4.69) is 5.32 Å². The number of hydrogen-bond donors (Lipinski definition) is 1. The van der Waals surface area contributed by atoms with Crippen molar-refractivity contribution in [3.05, 3.63) is 76.9 Å². The molecule has 1 saturated heterocycles. The maximum absolute atomic E-state index is 13.7. The molecule has 4 rings (SSSR count). The van der Waals surface area contributed by atoms with Crippen molar-refractivity contribution in [2.24, 2.45) is 0 Å². The van der Waals surface area contributed by atoms with Gasteiger partial charge in [-0.1, -0.05) is 42.5 Å². The van der Waals surface area contributed by atoms with Gasteiger partial charge in [-0.25, -0.2) is 4.39 Å². The fourth-order valence-electron chi connectivity index (χ4n) is 3.38. The van der Waals surface area contributed by atoms with Crippen molar-refractivity contribution >= 4 is 51.4 Å². The fraction of sp³-hybridized carbons (Fsp3) is 0.125. The lowest BCUT2D eigenvalue weighted by Gasteiger charge is -2.13. The topological polar surface area (TPSA) is 75.7 Å². The van der Waals surface area contributed by atoms with Gasteiger partial charge in [0.15, 0.2) is 0 Å². The van der Waals surface area contributed by atoms with E-state index < -0.39 is 29.4 Å². The highest BCUT2D eigenvalue weighted by Gasteiger charge is 2.36. The summed E-state index contributed by atoms with van der Waals surface area (Å²) in [5, 5.41) is 3.60. The number of rotatable bonds is 6. The van der Waals surface area contributed by atoms with E-state index >= 15 is 0 Å². The quantitative estimate of drug-likeness (QED) is 0.532. The average molecular weight is 450 g/mol. The van der Waals surface area contributed by atoms with Crippen molar-refractivity contribution in [3.8, 4) is 5.75 Å². The van der Waals surface area contributed by atoms with Gasteiger partial charge in [0.1, 0.15) is 18.1 Å². The van der Waals surface area contributed by atoms with Gasteiger partial charge in [0.2, 0.25) is 5.91 Å². The van der Waals surface area contributed by atoms with Gasteiger partial charge in [0.25, 0.3) is 11.1 Å². The lowest BCUT2D eigenvalue weighted by atomic mass is 10.0. The van der Waals surface area contributed by atoms with Crippen molar-refractivity contribution in [2.75, 3.05) is 18.5 Å². The van der Waals surface area contributed by atoms with E-state index in [1.807, 2.05) is 43.3 Å². The summed E-state index contributed by atoms with van der Waals surface area (Å²) in [5.41, 5.74) is 0.742. The zero-order chi connectivity index (χ0) is 22.7. The molecule has 32 heavy (non-hydrogen) atoms. The summed E-state index contributed by atoms with van der Waals surface area (Å²) in [5.74, 6) is -1.10. The number of amides is 3. The number of carbonyl (C=O) groups is 3. The Morgan fingerprint density at radius 2 is 1.78 bits per heavy atom. The standard InChI is InChI=1S/C24H19FN2O4S/c1-2-31-20-12-11-15(16-7-3-4-8-17(16)20)13-21-23(29)27(24(30)32-21)14-22(28)26-19-10-6-5-9-18(19)25/h3-13H,2,14H2,1H3,(H,26,28)/b21-13-. The van der Waals surface area contributed by atoms with Gasteiger partial charge < -0.3 is 10.1 Å². The number of nitrogens with zero attached hydrogens (tertiary/aromatic N) is 1. The predicted molar refractivity (Wildman–Crippen MR) is 123 cm³/mol. The van der Waals surface area contributed by atoms with Gasteiger partial charge in [-0.3, -0.25) is 19.3 Å². The van der Waals surface area contributed by atoms with Crippen LogP contribution in [-0.2, 0) is 9.59 Å². The molecule has 1 fully saturated rings. The Balaban J connectivity index is 1.56. The van der Waals surface area contributed by atoms with Crippen LogP contribution in [0.25, 0.3) is 16.8 Å². The van der Waals surface area contributed by atoms with E-state index in [4.69, 9.17) is 4.74 Å². The van der Waals surface area contributed by atoms with Crippen LogP contribution in [0.3, 0.4) is 0 Å². The number of carbonyl (C=O) groups excluding carboxylic acids is 3. The van der Waals surface area contributed by atoms with Crippen LogP contribution in [0.5, 0.6) is 5.75 Å². The molecule has 162 valence electrons. The van der Waals surface area contributed by atoms with Crippen LogP contribution in [0.15, 0.2) is 65.6 Å². The molecule has 6 nitrogen and oxygen atoms in total. The number of halogens is 1. The van der Waals surface area contributed by atoms with E-state index in [0.29, 0.717) is 6.61 Å². The third kappa shape index (κ3) is 4.36. The third-order valence-corrected chi connectivity index (χ3v) is 5.73. The Morgan fingerprint density at radius 1 is 1.06 bits per heavy atom. The molecule has 1 heterocycles. The first-order valence-corrected chi connectivity index (χ1v) is 10.7. The van der Waals surface area contributed by atoms with Gasteiger partial charge in [-0.2, -0.15) is 0 Å². The molecule has 0 unspecified atom stereocenters. The summed E-state index contributed by atoms with van der Waals surface area (Å²) in [6.07, 6.45) is 1.64. The minimum atomic E-state index is -0.662. The Labute approximate surface area is 188 Å². The number of ether oxygens (including phenoxy) is 1. The van der Waals surface area contributed by atoms with E-state index in [-0.39, 0.29) is 10.6 Å². The highest BCUT2D eigenvalue weighted by atomic mass is 32.2. The molecule has 3 aromatic rings. The normalized spacial score (nSPS) is 14.9. The van der Waals surface area contributed by atoms with Crippen molar-refractivity contribution in [2.45, 2.75) is 6.92 Å². The Hall–Kier alpha value is -3.65. The molecule has 1 N–H and O–H groups in total. The molecule has 3 amide bonds. The number of imide groups is 1. The number of hydrogen-bond acceptors (Lipinski definition) is 5. The largest absolute Gasteiger partial charge is 0.493 e. The molecular weight excluding hydrogens is 431 g/mol. The lowest BCUT2D eigenvalue weighted by molar-refractivity contribution is -0.127. The van der Waals surface area contributed by atoms with Crippen LogP contribution in [0, 0.1) is 5.82 Å². The van der Waals surface area contributed by atoms with Crippen molar-refractivity contribution in [1.82, 2.24) is 4.90 Å². The second-order valence-electron chi connectivity index (χ2n) is 6.93. The van der Waals surface area contributed by atoms with Crippen molar-refractivity contribution < 1.29 is 23.5 Å². The van der Waals surface area contributed by atoms with Crippen LogP contribution in [0.1, 0.15) is 12.5 Å². The summed E-state index contributed by atoms with van der Waals surface area (Å²) >= 11 is 0.764. The minimum Gasteiger partial charge on any atom is -0.493 e. The van der Waals surface area contributed by atoms with Crippen LogP contribution < -0.4 is 10.1 Å². The first-order chi connectivity index (χ1) is 15.5. The highest BCUT2D eigenvalue weighted by Crippen LogP contribution is 2.35. The predicted octanol–water partition coefficient (Wildman–Crippen LogP) is 5.05. The van der Waals surface area contributed by atoms with E-state index in [0.717, 1.165) is 38.7 Å². The third-order valence-electron chi connectivity index (χ3n) is 4.83. The van der Waals surface area contributed by atoms with Crippen LogP contribution >= 0.6 is 11.8 Å². The summed E-state index contributed by atoms with van der Waals surface area (Å²) in [4.78, 5) is 38.6. The van der Waals surface area contributed by atoms with Crippen molar-refractivity contribution in [3.63, 3.8) is 0 Å². The second-order valence-corrected chi connectivity index (χ2v) is 7.92. The van der Waals surface area contributed by atoms with Gasteiger partial charge in [-0.15, -0.1) is 0 Å². The number of anilines is 1. The molecule has 3 aromatic carbocycles. The fourth-order valence-corrected chi connectivity index (χ4v) is 4.20. The smallest absolute Gasteiger partial charge is 0.294 e. The van der Waals surface area contributed by atoms with Crippen LogP contribution in [-0.4, -0.2) is 35.1 Å². The number of para-hydroxylation sites is 1. The number of thioether (sulfide) groups is 1. The minimum absolute atomic E-state index is 0.0131. The molecule has 0 saturated carbocycles. The van der Waals surface area contributed by atoms with Crippen LogP contribution in [0.2, 0.25) is 0 Å². The number of benzene rings is 3.